The van der Waals surface area contributed by atoms with Gasteiger partial charge < -0.3 is 0 Å². The number of thiophene rings is 1. The van der Waals surface area contributed by atoms with Crippen LogP contribution in [0.25, 0.3) is 10.2 Å². The van der Waals surface area contributed by atoms with Crippen molar-refractivity contribution in [3.63, 3.8) is 0 Å². The summed E-state index contributed by atoms with van der Waals surface area (Å²) in [5, 5.41) is 1.05. The molecule has 0 radical (unpaired) electrons. The Kier molecular flexibility index (Phi) is 2.43. The largest absolute Gasteiger partial charge is 0.270 e. The van der Waals surface area contributed by atoms with Crippen LogP contribution in [-0.2, 0) is 9.05 Å². The molecule has 0 saturated carbocycles. The van der Waals surface area contributed by atoms with Gasteiger partial charge in [0.15, 0.2) is 0 Å². The number of aromatic nitrogens is 1. The van der Waals surface area contributed by atoms with Crippen molar-refractivity contribution in [2.45, 2.75) is 4.21 Å². The third kappa shape index (κ3) is 1.86. The minimum absolute atomic E-state index is 0.0870. The summed E-state index contributed by atoms with van der Waals surface area (Å²) >= 11 is 6.66. The lowest BCUT2D eigenvalue weighted by atomic mass is 10.4. The number of hydrogen-bond acceptors (Lipinski definition) is 4. The maximum Gasteiger partial charge on any atom is 0.270 e. The van der Waals surface area contributed by atoms with Gasteiger partial charge in [0.05, 0.1) is 0 Å². The number of pyridine rings is 1. The van der Waals surface area contributed by atoms with Gasteiger partial charge in [-0.25, -0.2) is 13.4 Å². The van der Waals surface area contributed by atoms with Gasteiger partial charge in [-0.05, 0) is 18.2 Å². The number of halogens is 2. The zero-order chi connectivity index (χ0) is 10.3. The first-order chi connectivity index (χ1) is 6.47. The lowest BCUT2D eigenvalue weighted by Crippen LogP contribution is -1.83. The van der Waals surface area contributed by atoms with E-state index in [4.69, 9.17) is 22.3 Å². The Balaban J connectivity index is 2.75. The molecule has 0 unspecified atom stereocenters. The Labute approximate surface area is 93.7 Å². The molecule has 0 aliphatic heterocycles. The molecule has 74 valence electrons. The summed E-state index contributed by atoms with van der Waals surface area (Å²) in [6.45, 7) is 0. The van der Waals surface area contributed by atoms with E-state index < -0.39 is 9.05 Å². The first kappa shape index (κ1) is 10.2. The van der Waals surface area contributed by atoms with Crippen molar-refractivity contribution in [2.75, 3.05) is 0 Å². The summed E-state index contributed by atoms with van der Waals surface area (Å²) < 4.78 is 22.1. The van der Waals surface area contributed by atoms with Crippen LogP contribution in [-0.4, -0.2) is 13.4 Å². The van der Waals surface area contributed by atoms with Crippen LogP contribution in [0.5, 0.6) is 0 Å². The van der Waals surface area contributed by atoms with Gasteiger partial charge in [-0.1, -0.05) is 11.6 Å². The molecule has 0 N–H and O–H groups in total. The maximum atomic E-state index is 11.0. The lowest BCUT2D eigenvalue weighted by molar-refractivity contribution is 0.611. The molecule has 0 saturated heterocycles. The quantitative estimate of drug-likeness (QED) is 0.590. The van der Waals surface area contributed by atoms with Crippen LogP contribution in [0.2, 0.25) is 5.15 Å². The molecule has 2 heterocycles. The van der Waals surface area contributed by atoms with Crippen LogP contribution >= 0.6 is 33.6 Å². The molecule has 0 amide bonds. The molecular weight excluding hydrogens is 265 g/mol. The number of rotatable bonds is 1. The van der Waals surface area contributed by atoms with E-state index in [2.05, 4.69) is 4.98 Å². The van der Waals surface area contributed by atoms with Gasteiger partial charge in [-0.15, -0.1) is 11.3 Å². The van der Waals surface area contributed by atoms with Crippen LogP contribution in [0.15, 0.2) is 22.4 Å². The minimum atomic E-state index is -3.67. The predicted octanol–water partition coefficient (Wildman–Crippen LogP) is 2.88. The van der Waals surface area contributed by atoms with E-state index >= 15 is 0 Å². The second kappa shape index (κ2) is 3.34. The van der Waals surface area contributed by atoms with Crippen LogP contribution in [0, 0.1) is 0 Å². The molecule has 0 aliphatic rings. The summed E-state index contributed by atoms with van der Waals surface area (Å²) in [5.41, 5.74) is 0. The molecule has 0 atom stereocenters. The Morgan fingerprint density at radius 1 is 1.36 bits per heavy atom. The molecule has 0 spiro atoms. The molecule has 2 aromatic rings. The summed E-state index contributed by atoms with van der Waals surface area (Å²) in [7, 11) is 1.52. The highest BCUT2D eigenvalue weighted by atomic mass is 35.7. The highest BCUT2D eigenvalue weighted by Gasteiger charge is 2.14. The summed E-state index contributed by atoms with van der Waals surface area (Å²) in [6.07, 6.45) is 0. The third-order valence-electron chi connectivity index (χ3n) is 1.57. The smallest absolute Gasteiger partial charge is 0.225 e. The minimum Gasteiger partial charge on any atom is -0.225 e. The van der Waals surface area contributed by atoms with E-state index in [1.54, 1.807) is 12.1 Å². The summed E-state index contributed by atoms with van der Waals surface area (Å²) in [6, 6.07) is 4.78. The molecule has 0 fully saturated rings. The van der Waals surface area contributed by atoms with Crippen LogP contribution < -0.4 is 0 Å². The van der Waals surface area contributed by atoms with Gasteiger partial charge in [0, 0.05) is 16.1 Å². The Morgan fingerprint density at radius 3 is 2.71 bits per heavy atom. The fourth-order valence-electron chi connectivity index (χ4n) is 0.992. The van der Waals surface area contributed by atoms with Gasteiger partial charge >= 0.3 is 0 Å². The highest BCUT2D eigenvalue weighted by molar-refractivity contribution is 8.15. The average Bonchev–Trinajstić information content (AvgIpc) is 2.45. The number of fused-ring (bicyclic) bond motifs is 1. The fourth-order valence-corrected chi connectivity index (χ4v) is 3.27. The van der Waals surface area contributed by atoms with Gasteiger partial charge in [-0.2, -0.15) is 0 Å². The molecule has 0 aromatic carbocycles. The molecule has 7 heteroatoms. The molecule has 2 aromatic heterocycles. The van der Waals surface area contributed by atoms with Crippen molar-refractivity contribution >= 4 is 52.9 Å². The van der Waals surface area contributed by atoms with Gasteiger partial charge in [-0.3, -0.25) is 0 Å². The SMILES string of the molecule is O=S(=O)(Cl)c1cc2ccc(Cl)nc2s1. The monoisotopic (exact) mass is 267 g/mol. The second-order valence-corrected chi connectivity index (χ2v) is 6.74. The molecule has 14 heavy (non-hydrogen) atoms. The normalized spacial score (nSPS) is 12.1. The van der Waals surface area contributed by atoms with E-state index in [-0.39, 0.29) is 4.21 Å². The average molecular weight is 268 g/mol. The van der Waals surface area contributed by atoms with E-state index in [1.165, 1.54) is 6.07 Å². The van der Waals surface area contributed by atoms with Crippen LogP contribution in [0.4, 0.5) is 0 Å². The lowest BCUT2D eigenvalue weighted by Gasteiger charge is -1.87. The fraction of sp³-hybridized carbons (Fsp3) is 0. The van der Waals surface area contributed by atoms with E-state index in [1.807, 2.05) is 0 Å². The zero-order valence-corrected chi connectivity index (χ0v) is 9.71. The maximum absolute atomic E-state index is 11.0. The van der Waals surface area contributed by atoms with Crippen molar-refractivity contribution < 1.29 is 8.42 Å². The third-order valence-corrected chi connectivity index (χ3v) is 4.90. The first-order valence-electron chi connectivity index (χ1n) is 3.47. The molecule has 2 rings (SSSR count). The van der Waals surface area contributed by atoms with Crippen LogP contribution in [0.3, 0.4) is 0 Å². The molecule has 0 aliphatic carbocycles. The molecular formula is C7H3Cl2NO2S2. The topological polar surface area (TPSA) is 47.0 Å². The first-order valence-corrected chi connectivity index (χ1v) is 6.98. The zero-order valence-electron chi connectivity index (χ0n) is 6.57. The van der Waals surface area contributed by atoms with Crippen molar-refractivity contribution in [2.24, 2.45) is 0 Å². The van der Waals surface area contributed by atoms with Gasteiger partial charge in [0.25, 0.3) is 9.05 Å². The van der Waals surface area contributed by atoms with Crippen molar-refractivity contribution in [1.82, 2.24) is 4.98 Å². The van der Waals surface area contributed by atoms with Crippen molar-refractivity contribution in [3.8, 4) is 0 Å². The highest BCUT2D eigenvalue weighted by Crippen LogP contribution is 2.30. The summed E-state index contributed by atoms with van der Waals surface area (Å²) in [5.74, 6) is 0. The molecule has 3 nitrogen and oxygen atoms in total. The van der Waals surface area contributed by atoms with Crippen molar-refractivity contribution in [1.29, 1.82) is 0 Å². The molecule has 0 bridgehead atoms. The van der Waals surface area contributed by atoms with Gasteiger partial charge in [0.2, 0.25) is 0 Å². The van der Waals surface area contributed by atoms with Crippen molar-refractivity contribution in [3.05, 3.63) is 23.4 Å². The predicted molar refractivity (Wildman–Crippen MR) is 57.7 cm³/mol. The standard InChI is InChI=1S/C7H3Cl2NO2S2/c8-5-2-1-4-3-6(14(9,11)12)13-7(4)10-5/h1-3H. The number of hydrogen-bond donors (Lipinski definition) is 0. The van der Waals surface area contributed by atoms with E-state index in [0.29, 0.717) is 9.98 Å². The van der Waals surface area contributed by atoms with E-state index in [9.17, 15) is 8.42 Å². The van der Waals surface area contributed by atoms with E-state index in [0.717, 1.165) is 16.7 Å². The Hall–Kier alpha value is -0.360. The summed E-state index contributed by atoms with van der Waals surface area (Å²) in [4.78, 5) is 4.54. The number of nitrogens with zero attached hydrogens (tertiary/aromatic N) is 1. The second-order valence-electron chi connectivity index (χ2n) is 2.53. The van der Waals surface area contributed by atoms with Crippen LogP contribution in [0.1, 0.15) is 0 Å². The van der Waals surface area contributed by atoms with Gasteiger partial charge in [0.1, 0.15) is 14.2 Å². The Morgan fingerprint density at radius 2 is 2.07 bits per heavy atom. The Bertz CT molecular complexity index is 591.